The third kappa shape index (κ3) is 11.8. The van der Waals surface area contributed by atoms with Crippen molar-refractivity contribution in [3.05, 3.63) is 12.2 Å². The van der Waals surface area contributed by atoms with Crippen LogP contribution in [0.4, 0.5) is 0 Å². The van der Waals surface area contributed by atoms with E-state index >= 15 is 0 Å². The Morgan fingerprint density at radius 3 is 2.17 bits per heavy atom. The molecule has 1 unspecified atom stereocenters. The number of carbonyl (C=O) groups is 1. The topological polar surface area (TPSA) is 26.3 Å². The van der Waals surface area contributed by atoms with Gasteiger partial charge < -0.3 is 4.74 Å². The summed E-state index contributed by atoms with van der Waals surface area (Å²) in [5.74, 6) is 0. The average molecular weight is 254 g/mol. The zero-order valence-corrected chi connectivity index (χ0v) is 12.2. The van der Waals surface area contributed by atoms with Gasteiger partial charge in [-0.05, 0) is 18.9 Å². The second kappa shape index (κ2) is 14.4. The number of hydrogen-bond donors (Lipinski definition) is 0. The number of ether oxygens (including phenoxy) is 1. The molecule has 0 saturated heterocycles. The normalized spacial score (nSPS) is 13.0. The van der Waals surface area contributed by atoms with E-state index < -0.39 is 0 Å². The molecular formula is C16H30O2. The number of hydrogen-bond acceptors (Lipinski definition) is 2. The molecule has 0 radical (unpaired) electrons. The van der Waals surface area contributed by atoms with Crippen molar-refractivity contribution in [2.45, 2.75) is 77.2 Å². The van der Waals surface area contributed by atoms with Crippen molar-refractivity contribution in [1.29, 1.82) is 0 Å². The molecule has 0 aromatic heterocycles. The highest BCUT2D eigenvalue weighted by Gasteiger charge is 2.04. The van der Waals surface area contributed by atoms with Crippen LogP contribution in [0, 0.1) is 0 Å². The Hall–Kier alpha value is -0.630. The van der Waals surface area contributed by atoms with Crippen LogP contribution < -0.4 is 0 Å². The molecule has 0 aliphatic rings. The van der Waals surface area contributed by atoms with Gasteiger partial charge in [0, 0.05) is 7.11 Å². The summed E-state index contributed by atoms with van der Waals surface area (Å²) in [6.45, 7) is 2.25. The van der Waals surface area contributed by atoms with Crippen LogP contribution in [0.1, 0.15) is 71.1 Å². The molecule has 0 aliphatic carbocycles. The molecule has 0 fully saturated rings. The fourth-order valence-corrected chi connectivity index (χ4v) is 2.12. The summed E-state index contributed by atoms with van der Waals surface area (Å²) < 4.78 is 5.39. The molecule has 106 valence electrons. The molecule has 0 spiro atoms. The maximum Gasteiger partial charge on any atom is 0.142 e. The molecule has 0 amide bonds. The van der Waals surface area contributed by atoms with Crippen LogP contribution in [-0.4, -0.2) is 19.5 Å². The Bertz CT molecular complexity index is 199. The zero-order valence-electron chi connectivity index (χ0n) is 12.2. The van der Waals surface area contributed by atoms with Crippen LogP contribution in [0.25, 0.3) is 0 Å². The maximum atomic E-state index is 10.2. The van der Waals surface area contributed by atoms with Crippen molar-refractivity contribution in [2.75, 3.05) is 7.11 Å². The van der Waals surface area contributed by atoms with Gasteiger partial charge in [-0.15, -0.1) is 0 Å². The first-order valence-corrected chi connectivity index (χ1v) is 7.48. The van der Waals surface area contributed by atoms with E-state index in [1.165, 1.54) is 51.4 Å². The summed E-state index contributed by atoms with van der Waals surface area (Å²) in [6, 6.07) is 0. The summed E-state index contributed by atoms with van der Waals surface area (Å²) in [5.41, 5.74) is 0. The Morgan fingerprint density at radius 1 is 1.00 bits per heavy atom. The van der Waals surface area contributed by atoms with Gasteiger partial charge in [-0.25, -0.2) is 0 Å². The minimum absolute atomic E-state index is 0.279. The third-order valence-corrected chi connectivity index (χ3v) is 3.33. The lowest BCUT2D eigenvalue weighted by atomic mass is 10.0. The first-order chi connectivity index (χ1) is 8.85. The number of methoxy groups -OCH3 is 1. The summed E-state index contributed by atoms with van der Waals surface area (Å²) >= 11 is 0. The molecule has 0 aliphatic heterocycles. The van der Waals surface area contributed by atoms with Crippen LogP contribution in [0.15, 0.2) is 12.2 Å². The summed E-state index contributed by atoms with van der Waals surface area (Å²) in [7, 11) is 1.75. The molecule has 0 saturated carbocycles. The lowest BCUT2D eigenvalue weighted by Crippen LogP contribution is -2.08. The fraction of sp³-hybridized carbons (Fsp3) is 0.812. The van der Waals surface area contributed by atoms with Gasteiger partial charge in [-0.3, -0.25) is 4.79 Å². The van der Waals surface area contributed by atoms with Crippen molar-refractivity contribution in [3.63, 3.8) is 0 Å². The van der Waals surface area contributed by atoms with Gasteiger partial charge in [0.2, 0.25) is 0 Å². The second-order valence-corrected chi connectivity index (χ2v) is 4.92. The highest BCUT2D eigenvalue weighted by molar-refractivity contribution is 5.64. The van der Waals surface area contributed by atoms with E-state index in [2.05, 4.69) is 6.92 Å². The zero-order chi connectivity index (χ0) is 13.5. The molecule has 0 aromatic carbocycles. The highest BCUT2D eigenvalue weighted by atomic mass is 16.5. The molecular weight excluding hydrogens is 224 g/mol. The largest absolute Gasteiger partial charge is 0.381 e. The van der Waals surface area contributed by atoms with Gasteiger partial charge in [0.1, 0.15) is 6.29 Å². The molecule has 2 nitrogen and oxygen atoms in total. The molecule has 1 atom stereocenters. The van der Waals surface area contributed by atoms with Crippen LogP contribution in [-0.2, 0) is 9.53 Å². The number of unbranched alkanes of at least 4 members (excludes halogenated alkanes) is 7. The van der Waals surface area contributed by atoms with Gasteiger partial charge in [0.25, 0.3) is 0 Å². The Morgan fingerprint density at radius 2 is 1.61 bits per heavy atom. The minimum atomic E-state index is 0.279. The second-order valence-electron chi connectivity index (χ2n) is 4.92. The Labute approximate surface area is 113 Å². The van der Waals surface area contributed by atoms with Gasteiger partial charge in [0.05, 0.1) is 6.10 Å². The van der Waals surface area contributed by atoms with Crippen molar-refractivity contribution in [1.82, 2.24) is 0 Å². The number of rotatable bonds is 13. The van der Waals surface area contributed by atoms with E-state index in [9.17, 15) is 4.79 Å². The van der Waals surface area contributed by atoms with E-state index in [4.69, 9.17) is 4.74 Å². The van der Waals surface area contributed by atoms with E-state index in [1.807, 2.05) is 6.08 Å². The smallest absolute Gasteiger partial charge is 0.142 e. The van der Waals surface area contributed by atoms with E-state index in [-0.39, 0.29) is 6.10 Å². The number of allylic oxidation sites excluding steroid dienone is 1. The predicted octanol–water partition coefficient (Wildman–Crippen LogP) is 4.68. The van der Waals surface area contributed by atoms with Crippen LogP contribution in [0.2, 0.25) is 0 Å². The fourth-order valence-electron chi connectivity index (χ4n) is 2.12. The first kappa shape index (κ1) is 17.4. The SMILES string of the molecule is CCCCCCCCCCC(CC=CC=O)OC. The van der Waals surface area contributed by atoms with Crippen molar-refractivity contribution in [2.24, 2.45) is 0 Å². The molecule has 2 heteroatoms. The van der Waals surface area contributed by atoms with E-state index in [0.717, 1.165) is 19.1 Å². The molecule has 0 rings (SSSR count). The molecule has 0 bridgehead atoms. The standard InChI is InChI=1S/C16H30O2/c1-3-4-5-6-7-8-9-10-13-16(18-2)14-11-12-15-17/h11-12,15-16H,3-10,13-14H2,1-2H3. The van der Waals surface area contributed by atoms with Gasteiger partial charge in [-0.1, -0.05) is 64.4 Å². The van der Waals surface area contributed by atoms with Crippen molar-refractivity contribution >= 4 is 6.29 Å². The molecule has 0 aromatic rings. The summed E-state index contributed by atoms with van der Waals surface area (Å²) in [6.07, 6.45) is 17.3. The minimum Gasteiger partial charge on any atom is -0.381 e. The predicted molar refractivity (Wildman–Crippen MR) is 77.8 cm³/mol. The average Bonchev–Trinajstić information content (AvgIpc) is 2.40. The number of aldehydes is 1. The van der Waals surface area contributed by atoms with Gasteiger partial charge in [0.15, 0.2) is 0 Å². The lowest BCUT2D eigenvalue weighted by Gasteiger charge is -2.12. The highest BCUT2D eigenvalue weighted by Crippen LogP contribution is 2.13. The molecule has 18 heavy (non-hydrogen) atoms. The Kier molecular flexibility index (Phi) is 13.9. The van der Waals surface area contributed by atoms with Crippen LogP contribution >= 0.6 is 0 Å². The van der Waals surface area contributed by atoms with Crippen LogP contribution in [0.5, 0.6) is 0 Å². The van der Waals surface area contributed by atoms with E-state index in [0.29, 0.717) is 0 Å². The first-order valence-electron chi connectivity index (χ1n) is 7.48. The van der Waals surface area contributed by atoms with Crippen LogP contribution in [0.3, 0.4) is 0 Å². The monoisotopic (exact) mass is 254 g/mol. The summed E-state index contributed by atoms with van der Waals surface area (Å²) in [4.78, 5) is 10.2. The van der Waals surface area contributed by atoms with Gasteiger partial charge in [-0.2, -0.15) is 0 Å². The lowest BCUT2D eigenvalue weighted by molar-refractivity contribution is -0.104. The number of carbonyl (C=O) groups excluding carboxylic acids is 1. The van der Waals surface area contributed by atoms with Crippen molar-refractivity contribution < 1.29 is 9.53 Å². The van der Waals surface area contributed by atoms with Crippen molar-refractivity contribution in [3.8, 4) is 0 Å². The van der Waals surface area contributed by atoms with Gasteiger partial charge >= 0.3 is 0 Å². The quantitative estimate of drug-likeness (QED) is 0.271. The molecule has 0 N–H and O–H groups in total. The Balaban J connectivity index is 3.33. The summed E-state index contributed by atoms with van der Waals surface area (Å²) in [5, 5.41) is 0. The molecule has 0 heterocycles. The third-order valence-electron chi connectivity index (χ3n) is 3.33. The maximum absolute atomic E-state index is 10.2. The van der Waals surface area contributed by atoms with E-state index in [1.54, 1.807) is 13.2 Å².